The third-order valence-corrected chi connectivity index (χ3v) is 6.49. The number of amides is 1. The first-order valence-electron chi connectivity index (χ1n) is 10.6. The Balaban J connectivity index is 1.91. The molecule has 3 rings (SSSR count). The van der Waals surface area contributed by atoms with Crippen molar-refractivity contribution in [3.8, 4) is 11.5 Å². The average molecular weight is 610 g/mol. The van der Waals surface area contributed by atoms with Crippen LogP contribution < -0.4 is 9.47 Å². The smallest absolute Gasteiger partial charge is 0.341 e. The third-order valence-electron chi connectivity index (χ3n) is 4.69. The maximum Gasteiger partial charge on any atom is 0.341 e. The van der Waals surface area contributed by atoms with Crippen LogP contribution >= 0.6 is 34.4 Å². The van der Waals surface area contributed by atoms with E-state index in [4.69, 9.17) is 19.3 Å². The summed E-state index contributed by atoms with van der Waals surface area (Å²) in [4.78, 5) is 42.2. The summed E-state index contributed by atoms with van der Waals surface area (Å²) in [6, 6.07) is 10.1. The molecule has 184 valence electrons. The van der Waals surface area contributed by atoms with E-state index in [0.717, 1.165) is 0 Å². The molecular formula is C24H23IN2O7S. The zero-order chi connectivity index (χ0) is 25.5. The van der Waals surface area contributed by atoms with E-state index < -0.39 is 18.5 Å². The van der Waals surface area contributed by atoms with E-state index in [1.165, 1.54) is 18.9 Å². The van der Waals surface area contributed by atoms with E-state index in [1.54, 1.807) is 47.4 Å². The number of ether oxygens (including phenoxy) is 3. The number of hydrogen-bond acceptors (Lipinski definition) is 8. The van der Waals surface area contributed by atoms with Crippen LogP contribution in [0.15, 0.2) is 46.3 Å². The van der Waals surface area contributed by atoms with Crippen LogP contribution in [0.5, 0.6) is 11.5 Å². The van der Waals surface area contributed by atoms with Gasteiger partial charge in [-0.25, -0.2) is 14.6 Å². The van der Waals surface area contributed by atoms with Crippen molar-refractivity contribution in [1.82, 2.24) is 4.90 Å². The van der Waals surface area contributed by atoms with Crippen molar-refractivity contribution in [1.29, 1.82) is 0 Å². The maximum absolute atomic E-state index is 13.0. The van der Waals surface area contributed by atoms with Crippen molar-refractivity contribution < 1.29 is 33.7 Å². The van der Waals surface area contributed by atoms with E-state index in [0.29, 0.717) is 55.1 Å². The molecule has 0 saturated carbocycles. The summed E-state index contributed by atoms with van der Waals surface area (Å²) < 4.78 is 16.4. The highest BCUT2D eigenvalue weighted by Crippen LogP contribution is 2.38. The number of carbonyl (C=O) groups is 3. The number of aliphatic carboxylic acids is 1. The number of hydrogen-bond donors (Lipinski definition) is 1. The van der Waals surface area contributed by atoms with Crippen LogP contribution in [0.2, 0.25) is 0 Å². The molecular weight excluding hydrogens is 587 g/mol. The van der Waals surface area contributed by atoms with Crippen molar-refractivity contribution in [3.05, 3.63) is 56.0 Å². The first-order valence-corrected chi connectivity index (χ1v) is 12.5. The Bertz CT molecular complexity index is 1200. The highest BCUT2D eigenvalue weighted by Gasteiger charge is 2.32. The first-order chi connectivity index (χ1) is 16.8. The van der Waals surface area contributed by atoms with Crippen LogP contribution in [0.25, 0.3) is 6.08 Å². The fourth-order valence-corrected chi connectivity index (χ4v) is 4.97. The van der Waals surface area contributed by atoms with Crippen LogP contribution in [-0.4, -0.2) is 59.9 Å². The molecule has 2 aromatic rings. The molecule has 1 fully saturated rings. The van der Waals surface area contributed by atoms with Crippen molar-refractivity contribution in [3.63, 3.8) is 0 Å². The number of carboxylic acid groups (broad SMARTS) is 1. The average Bonchev–Trinajstić information content (AvgIpc) is 3.12. The molecule has 1 amide bonds. The van der Waals surface area contributed by atoms with Gasteiger partial charge in [0.25, 0.3) is 5.91 Å². The molecule has 9 nitrogen and oxygen atoms in total. The fraction of sp³-hybridized carbons (Fsp3) is 0.250. The number of aliphatic imine (C=N–C) groups is 1. The zero-order valence-corrected chi connectivity index (χ0v) is 22.2. The predicted octanol–water partition coefficient (Wildman–Crippen LogP) is 4.56. The van der Waals surface area contributed by atoms with Crippen LogP contribution in [0.1, 0.15) is 29.8 Å². The molecule has 1 aliphatic heterocycles. The second kappa shape index (κ2) is 12.1. The summed E-state index contributed by atoms with van der Waals surface area (Å²) in [7, 11) is 1.32. The van der Waals surface area contributed by atoms with Crippen LogP contribution in [-0.2, 0) is 14.3 Å². The Morgan fingerprint density at radius 3 is 2.49 bits per heavy atom. The number of methoxy groups -OCH3 is 1. The summed E-state index contributed by atoms with van der Waals surface area (Å²) in [5, 5.41) is 9.46. The third kappa shape index (κ3) is 6.54. The topological polar surface area (TPSA) is 115 Å². The number of likely N-dealkylation sites (N-methyl/N-ethyl adjacent to an activating group) is 1. The van der Waals surface area contributed by atoms with E-state index in [-0.39, 0.29) is 5.91 Å². The second-order valence-corrected chi connectivity index (χ2v) is 9.21. The molecule has 0 spiro atoms. The van der Waals surface area contributed by atoms with Gasteiger partial charge in [-0.3, -0.25) is 9.69 Å². The van der Waals surface area contributed by atoms with E-state index in [1.807, 2.05) is 36.4 Å². The first kappa shape index (κ1) is 26.5. The monoisotopic (exact) mass is 610 g/mol. The molecule has 2 aromatic carbocycles. The minimum Gasteiger partial charge on any atom is -0.490 e. The van der Waals surface area contributed by atoms with Gasteiger partial charge in [0.2, 0.25) is 0 Å². The van der Waals surface area contributed by atoms with E-state index in [2.05, 4.69) is 4.99 Å². The molecule has 0 bridgehead atoms. The lowest BCUT2D eigenvalue weighted by atomic mass is 10.2. The zero-order valence-electron chi connectivity index (χ0n) is 19.2. The Hall–Kier alpha value is -3.06. The molecule has 35 heavy (non-hydrogen) atoms. The lowest BCUT2D eigenvalue weighted by molar-refractivity contribution is -0.139. The van der Waals surface area contributed by atoms with Gasteiger partial charge < -0.3 is 19.3 Å². The van der Waals surface area contributed by atoms with Crippen molar-refractivity contribution in [2.75, 3.05) is 26.9 Å². The highest BCUT2D eigenvalue weighted by atomic mass is 127. The number of carboxylic acids is 1. The Labute approximate surface area is 220 Å². The van der Waals surface area contributed by atoms with Gasteiger partial charge in [-0.05, 0) is 96.2 Å². The predicted molar refractivity (Wildman–Crippen MR) is 141 cm³/mol. The largest absolute Gasteiger partial charge is 0.490 e. The molecule has 0 unspecified atom stereocenters. The Morgan fingerprint density at radius 1 is 1.17 bits per heavy atom. The number of nitrogens with zero attached hydrogens (tertiary/aromatic N) is 2. The standard InChI is InChI=1S/C24H23IN2O7S/c1-4-27-22(30)19(35-24(27)26-16-8-6-15(7-9-16)23(31)32-3)12-14-10-17(25)21(34-13-20(28)29)18(11-14)33-5-2/h6-12H,4-5,13H2,1-3H3,(H,28,29)/b19-12+,26-24?. The van der Waals surface area contributed by atoms with Crippen LogP contribution in [0.3, 0.4) is 0 Å². The van der Waals surface area contributed by atoms with Gasteiger partial charge >= 0.3 is 11.9 Å². The number of thioether (sulfide) groups is 1. The molecule has 1 aliphatic rings. The van der Waals surface area contributed by atoms with Crippen molar-refractivity contribution in [2.24, 2.45) is 4.99 Å². The quantitative estimate of drug-likeness (QED) is 0.250. The summed E-state index contributed by atoms with van der Waals surface area (Å²) in [6.45, 7) is 3.99. The number of halogens is 1. The molecule has 11 heteroatoms. The summed E-state index contributed by atoms with van der Waals surface area (Å²) in [5.41, 5.74) is 1.71. The molecule has 1 heterocycles. The van der Waals surface area contributed by atoms with E-state index in [9.17, 15) is 14.4 Å². The second-order valence-electron chi connectivity index (χ2n) is 7.04. The number of esters is 1. The summed E-state index contributed by atoms with van der Waals surface area (Å²) in [6.07, 6.45) is 1.74. The molecule has 1 saturated heterocycles. The summed E-state index contributed by atoms with van der Waals surface area (Å²) in [5.74, 6) is -0.962. The van der Waals surface area contributed by atoms with Crippen molar-refractivity contribution >= 4 is 69.1 Å². The SMILES string of the molecule is CCOc1cc(/C=C2/SC(=Nc3ccc(C(=O)OC)cc3)N(CC)C2=O)cc(I)c1OCC(=O)O. The normalized spacial score (nSPS) is 15.5. The molecule has 0 radical (unpaired) electrons. The van der Waals surface area contributed by atoms with Gasteiger partial charge in [-0.1, -0.05) is 0 Å². The van der Waals surface area contributed by atoms with Gasteiger partial charge in [0, 0.05) is 6.54 Å². The lowest BCUT2D eigenvalue weighted by Gasteiger charge is -2.14. The van der Waals surface area contributed by atoms with Crippen molar-refractivity contribution in [2.45, 2.75) is 13.8 Å². The molecule has 0 aliphatic carbocycles. The van der Waals surface area contributed by atoms with Crippen LogP contribution in [0.4, 0.5) is 5.69 Å². The number of benzene rings is 2. The fourth-order valence-electron chi connectivity index (χ4n) is 3.13. The highest BCUT2D eigenvalue weighted by molar-refractivity contribution is 14.1. The van der Waals surface area contributed by atoms with Gasteiger partial charge in [0.05, 0.1) is 33.4 Å². The summed E-state index contributed by atoms with van der Waals surface area (Å²) >= 11 is 3.29. The molecule has 0 atom stereocenters. The Morgan fingerprint density at radius 2 is 1.89 bits per heavy atom. The van der Waals surface area contributed by atoms with Crippen LogP contribution in [0, 0.1) is 3.57 Å². The van der Waals surface area contributed by atoms with Gasteiger partial charge in [0.1, 0.15) is 0 Å². The molecule has 0 aromatic heterocycles. The maximum atomic E-state index is 13.0. The lowest BCUT2D eigenvalue weighted by Crippen LogP contribution is -2.28. The van der Waals surface area contributed by atoms with E-state index >= 15 is 0 Å². The minimum atomic E-state index is -1.09. The number of amidine groups is 1. The van der Waals surface area contributed by atoms with Gasteiger partial charge in [0.15, 0.2) is 23.3 Å². The minimum absolute atomic E-state index is 0.179. The Kier molecular flexibility index (Phi) is 9.15. The van der Waals surface area contributed by atoms with Gasteiger partial charge in [-0.2, -0.15) is 0 Å². The molecule has 1 N–H and O–H groups in total. The number of carbonyl (C=O) groups excluding carboxylic acids is 2. The number of rotatable bonds is 9. The van der Waals surface area contributed by atoms with Gasteiger partial charge in [-0.15, -0.1) is 0 Å².